The minimum absolute atomic E-state index is 0.00957. The second kappa shape index (κ2) is 13.9. The van der Waals surface area contributed by atoms with Gasteiger partial charge in [-0.25, -0.2) is 13.8 Å². The molecule has 0 aromatic heterocycles. The Morgan fingerprint density at radius 2 is 1.60 bits per heavy atom. The van der Waals surface area contributed by atoms with Gasteiger partial charge in [0, 0.05) is 12.1 Å². The Morgan fingerprint density at radius 1 is 0.929 bits per heavy atom. The molecule has 0 unspecified atom stereocenters. The van der Waals surface area contributed by atoms with Crippen LogP contribution in [0.3, 0.4) is 0 Å². The summed E-state index contributed by atoms with van der Waals surface area (Å²) in [6.45, 7) is 1.80. The lowest BCUT2D eigenvalue weighted by Crippen LogP contribution is -2.39. The molecule has 4 rings (SSSR count). The Bertz CT molecular complexity index is 1640. The maximum atomic E-state index is 13.6. The molecule has 0 radical (unpaired) electrons. The predicted octanol–water partition coefficient (Wildman–Crippen LogP) is 4.92. The number of benzene rings is 4. The van der Waals surface area contributed by atoms with E-state index >= 15 is 0 Å². The Balaban J connectivity index is 1.40. The molecule has 1 amide bonds. The minimum Gasteiger partial charge on any atom is -0.492 e. The van der Waals surface area contributed by atoms with Crippen LogP contribution in [0.25, 0.3) is 0 Å². The molecule has 0 spiro atoms. The number of nitro benzene ring substituents is 1. The predicted molar refractivity (Wildman–Crippen MR) is 158 cm³/mol. The highest BCUT2D eigenvalue weighted by atomic mass is 32.2. The van der Waals surface area contributed by atoms with E-state index in [2.05, 4.69) is 10.5 Å². The molecule has 0 saturated carbocycles. The molecule has 0 aliphatic rings. The highest BCUT2D eigenvalue weighted by molar-refractivity contribution is 7.92. The smallest absolute Gasteiger partial charge is 0.269 e. The molecule has 4 aromatic carbocycles. The largest absolute Gasteiger partial charge is 0.492 e. The van der Waals surface area contributed by atoms with Gasteiger partial charge in [-0.15, -0.1) is 0 Å². The van der Waals surface area contributed by atoms with E-state index in [-0.39, 0.29) is 22.9 Å². The number of carbonyl (C=O) groups is 1. The zero-order valence-electron chi connectivity index (χ0n) is 22.6. The third-order valence-electron chi connectivity index (χ3n) is 5.89. The molecule has 1 N–H and O–H groups in total. The molecule has 11 nitrogen and oxygen atoms in total. The standard InChI is InChI=1S/C30H28N4O7S/c1-2-40-29-11-7-6-10-28(29)33(42(38,39)27-8-4-3-5-9-27)21-30(35)32-31-20-23-14-18-26(19-15-23)41-22-24-12-16-25(17-13-24)34(36)37/h3-20H,2,21-22H2,1H3,(H,32,35)/b31-20-. The third kappa shape index (κ3) is 7.70. The van der Waals surface area contributed by atoms with E-state index in [0.29, 0.717) is 23.7 Å². The van der Waals surface area contributed by atoms with Crippen LogP contribution in [0, 0.1) is 10.1 Å². The fraction of sp³-hybridized carbons (Fsp3) is 0.133. The molecule has 0 aliphatic carbocycles. The fourth-order valence-electron chi connectivity index (χ4n) is 3.84. The number of rotatable bonds is 13. The van der Waals surface area contributed by atoms with E-state index in [9.17, 15) is 23.3 Å². The number of para-hydroxylation sites is 2. The molecule has 0 fully saturated rings. The van der Waals surface area contributed by atoms with Gasteiger partial charge in [0.05, 0.1) is 28.3 Å². The van der Waals surface area contributed by atoms with Gasteiger partial charge in [-0.1, -0.05) is 30.3 Å². The van der Waals surface area contributed by atoms with Crippen molar-refractivity contribution < 1.29 is 27.6 Å². The van der Waals surface area contributed by atoms with Crippen molar-refractivity contribution in [2.45, 2.75) is 18.4 Å². The number of ether oxygens (including phenoxy) is 2. The first-order valence-corrected chi connectivity index (χ1v) is 14.3. The molecule has 12 heteroatoms. The van der Waals surface area contributed by atoms with Crippen LogP contribution in [0.4, 0.5) is 11.4 Å². The zero-order chi connectivity index (χ0) is 30.0. The van der Waals surface area contributed by atoms with Crippen molar-refractivity contribution in [1.29, 1.82) is 0 Å². The number of non-ortho nitro benzene ring substituents is 1. The minimum atomic E-state index is -4.11. The molecule has 42 heavy (non-hydrogen) atoms. The van der Waals surface area contributed by atoms with Gasteiger partial charge in [-0.05, 0) is 78.7 Å². The van der Waals surface area contributed by atoms with Gasteiger partial charge in [0.1, 0.15) is 24.7 Å². The SMILES string of the molecule is CCOc1ccccc1N(CC(=O)N/N=C\c1ccc(OCc2ccc([N+](=O)[O-])cc2)cc1)S(=O)(=O)c1ccccc1. The maximum Gasteiger partial charge on any atom is 0.269 e. The first-order chi connectivity index (χ1) is 20.3. The van der Waals surface area contributed by atoms with Crippen LogP contribution in [0.2, 0.25) is 0 Å². The fourth-order valence-corrected chi connectivity index (χ4v) is 5.29. The van der Waals surface area contributed by atoms with Gasteiger partial charge < -0.3 is 9.47 Å². The van der Waals surface area contributed by atoms with Gasteiger partial charge in [0.15, 0.2) is 0 Å². The Morgan fingerprint density at radius 3 is 2.26 bits per heavy atom. The molecule has 0 atom stereocenters. The third-order valence-corrected chi connectivity index (χ3v) is 7.66. The van der Waals surface area contributed by atoms with Gasteiger partial charge >= 0.3 is 0 Å². The summed E-state index contributed by atoms with van der Waals surface area (Å²) in [5, 5.41) is 14.8. The van der Waals surface area contributed by atoms with E-state index in [1.165, 1.54) is 30.5 Å². The Labute approximate surface area is 243 Å². The lowest BCUT2D eigenvalue weighted by molar-refractivity contribution is -0.384. The van der Waals surface area contributed by atoms with E-state index in [0.717, 1.165) is 9.87 Å². The number of hydrazone groups is 1. The summed E-state index contributed by atoms with van der Waals surface area (Å²) >= 11 is 0. The summed E-state index contributed by atoms with van der Waals surface area (Å²) in [7, 11) is -4.11. The van der Waals surface area contributed by atoms with Gasteiger partial charge in [-0.2, -0.15) is 5.10 Å². The number of nitrogens with zero attached hydrogens (tertiary/aromatic N) is 3. The summed E-state index contributed by atoms with van der Waals surface area (Å²) in [5.74, 6) is 0.246. The second-order valence-electron chi connectivity index (χ2n) is 8.80. The van der Waals surface area contributed by atoms with E-state index in [1.54, 1.807) is 85.8 Å². The van der Waals surface area contributed by atoms with Crippen molar-refractivity contribution in [3.63, 3.8) is 0 Å². The van der Waals surface area contributed by atoms with Gasteiger partial charge in [0.2, 0.25) is 0 Å². The number of hydrogen-bond acceptors (Lipinski definition) is 8. The summed E-state index contributed by atoms with van der Waals surface area (Å²) < 4.78 is 39.4. The van der Waals surface area contributed by atoms with Crippen molar-refractivity contribution >= 4 is 33.5 Å². The van der Waals surface area contributed by atoms with Crippen LogP contribution in [0.1, 0.15) is 18.1 Å². The molecule has 0 bridgehead atoms. The Hall–Kier alpha value is -5.23. The van der Waals surface area contributed by atoms with Crippen molar-refractivity contribution in [1.82, 2.24) is 5.43 Å². The molecule has 216 valence electrons. The van der Waals surface area contributed by atoms with Crippen molar-refractivity contribution in [3.8, 4) is 11.5 Å². The highest BCUT2D eigenvalue weighted by Gasteiger charge is 2.29. The number of sulfonamides is 1. The number of hydrogen-bond donors (Lipinski definition) is 1. The van der Waals surface area contributed by atoms with E-state index in [4.69, 9.17) is 9.47 Å². The van der Waals surface area contributed by atoms with Gasteiger partial charge in [0.25, 0.3) is 21.6 Å². The number of nitrogens with one attached hydrogen (secondary N) is 1. The van der Waals surface area contributed by atoms with Crippen molar-refractivity contribution in [2.75, 3.05) is 17.5 Å². The number of anilines is 1. The first-order valence-electron chi connectivity index (χ1n) is 12.9. The van der Waals surface area contributed by atoms with Crippen LogP contribution in [0.15, 0.2) is 113 Å². The van der Waals surface area contributed by atoms with Crippen molar-refractivity contribution in [2.24, 2.45) is 5.10 Å². The highest BCUT2D eigenvalue weighted by Crippen LogP contribution is 2.32. The average molecular weight is 589 g/mol. The molecular weight excluding hydrogens is 560 g/mol. The van der Waals surface area contributed by atoms with Crippen LogP contribution >= 0.6 is 0 Å². The quantitative estimate of drug-likeness (QED) is 0.133. The van der Waals surface area contributed by atoms with Crippen LogP contribution < -0.4 is 19.2 Å². The average Bonchev–Trinajstić information content (AvgIpc) is 3.00. The number of nitro groups is 1. The summed E-state index contributed by atoms with van der Waals surface area (Å²) in [6.07, 6.45) is 1.42. The normalized spacial score (nSPS) is 11.2. The lowest BCUT2D eigenvalue weighted by atomic mass is 10.2. The summed E-state index contributed by atoms with van der Waals surface area (Å²) in [4.78, 5) is 23.2. The van der Waals surface area contributed by atoms with E-state index < -0.39 is 27.4 Å². The molecule has 0 heterocycles. The van der Waals surface area contributed by atoms with Crippen molar-refractivity contribution in [3.05, 3.63) is 124 Å². The van der Waals surface area contributed by atoms with E-state index in [1.807, 2.05) is 0 Å². The number of amides is 1. The molecule has 4 aromatic rings. The maximum absolute atomic E-state index is 13.6. The second-order valence-corrected chi connectivity index (χ2v) is 10.7. The molecule has 0 aliphatic heterocycles. The molecule has 0 saturated heterocycles. The lowest BCUT2D eigenvalue weighted by Gasteiger charge is -2.25. The zero-order valence-corrected chi connectivity index (χ0v) is 23.4. The van der Waals surface area contributed by atoms with Crippen LogP contribution in [-0.4, -0.2) is 38.6 Å². The molecular formula is C30H28N4O7S. The summed E-state index contributed by atoms with van der Waals surface area (Å²) in [6, 6.07) is 27.4. The topological polar surface area (TPSA) is 140 Å². The number of carbonyl (C=O) groups excluding carboxylic acids is 1. The van der Waals surface area contributed by atoms with Gasteiger partial charge in [-0.3, -0.25) is 19.2 Å². The first kappa shape index (κ1) is 29.7. The van der Waals surface area contributed by atoms with Crippen LogP contribution in [0.5, 0.6) is 11.5 Å². The monoisotopic (exact) mass is 588 g/mol. The summed E-state index contributed by atoms with van der Waals surface area (Å²) in [5.41, 5.74) is 4.06. The van der Waals surface area contributed by atoms with Crippen LogP contribution in [-0.2, 0) is 21.4 Å². The Kier molecular flexibility index (Phi) is 9.85.